The fraction of sp³-hybridized carbons (Fsp3) is 0.846. The van der Waals surface area contributed by atoms with Crippen molar-refractivity contribution in [1.29, 1.82) is 0 Å². The van der Waals surface area contributed by atoms with E-state index in [-0.39, 0.29) is 9.68 Å². The zero-order valence-electron chi connectivity index (χ0n) is 11.3. The third kappa shape index (κ3) is 6.91. The lowest BCUT2D eigenvalue weighted by atomic mass is 10.1. The molecule has 0 saturated carbocycles. The molecule has 0 amide bonds. The Kier molecular flexibility index (Phi) is 9.11. The fourth-order valence-electron chi connectivity index (χ4n) is 1.92. The lowest BCUT2D eigenvalue weighted by molar-refractivity contribution is 0.393. The second-order valence-electron chi connectivity index (χ2n) is 4.54. The Morgan fingerprint density at radius 1 is 1.13 bits per heavy atom. The van der Waals surface area contributed by atoms with Gasteiger partial charge in [0.25, 0.3) is 0 Å². The first-order chi connectivity index (χ1) is 7.15. The van der Waals surface area contributed by atoms with E-state index in [4.69, 9.17) is 0 Å². The van der Waals surface area contributed by atoms with E-state index in [9.17, 15) is 0 Å². The van der Waals surface area contributed by atoms with E-state index in [2.05, 4.69) is 44.9 Å². The lowest BCUT2D eigenvalue weighted by Crippen LogP contribution is -2.33. The summed E-state index contributed by atoms with van der Waals surface area (Å²) in [6.45, 7) is 12.7. The van der Waals surface area contributed by atoms with Crippen LogP contribution in [-0.2, 0) is 0 Å². The molecule has 0 unspecified atom stereocenters. The Hall–Kier alpha value is -0.0831. The molecule has 0 aromatic carbocycles. The van der Waals surface area contributed by atoms with Gasteiger partial charge in [-0.25, -0.2) is 0 Å². The van der Waals surface area contributed by atoms with Gasteiger partial charge < -0.3 is 4.57 Å². The summed E-state index contributed by atoms with van der Waals surface area (Å²) < 4.78 is 2.64. The molecular formula is C13H29NSi. The third-order valence-corrected chi connectivity index (χ3v) is 5.30. The summed E-state index contributed by atoms with van der Waals surface area (Å²) in [5.74, 6) is 0. The number of hydrogen-bond donors (Lipinski definition) is 0. The highest BCUT2D eigenvalue weighted by Gasteiger charge is 2.05. The van der Waals surface area contributed by atoms with Gasteiger partial charge in [-0.15, -0.1) is 0 Å². The van der Waals surface area contributed by atoms with Gasteiger partial charge in [0.2, 0.25) is 0 Å². The average Bonchev–Trinajstić information content (AvgIpc) is 2.18. The van der Waals surface area contributed by atoms with E-state index in [0.717, 1.165) is 6.04 Å². The number of allylic oxidation sites excluding steroid dienone is 1. The summed E-state index contributed by atoms with van der Waals surface area (Å²) in [5, 5.41) is 0. The van der Waals surface area contributed by atoms with Crippen LogP contribution in [0.15, 0.2) is 11.3 Å². The summed E-state index contributed by atoms with van der Waals surface area (Å²) in [6.07, 6.45) is 5.23. The highest BCUT2D eigenvalue weighted by molar-refractivity contribution is 6.39. The minimum atomic E-state index is -0.139. The largest absolute Gasteiger partial charge is 0.323 e. The summed E-state index contributed by atoms with van der Waals surface area (Å²) >= 11 is 0. The van der Waals surface area contributed by atoms with E-state index < -0.39 is 0 Å². The van der Waals surface area contributed by atoms with Gasteiger partial charge in [0.15, 0.2) is 0 Å². The van der Waals surface area contributed by atoms with Gasteiger partial charge in [0, 0.05) is 0 Å². The summed E-state index contributed by atoms with van der Waals surface area (Å²) in [5.41, 5.74) is 4.31. The molecule has 0 rings (SSSR count). The maximum atomic E-state index is 2.64. The first-order valence-corrected chi connectivity index (χ1v) is 8.02. The molecule has 90 valence electrons. The normalized spacial score (nSPS) is 11.9. The summed E-state index contributed by atoms with van der Waals surface area (Å²) in [4.78, 5) is 0. The zero-order valence-corrected chi connectivity index (χ0v) is 12.8. The number of nitrogens with zero attached hydrogens (tertiary/aromatic N) is 1. The Balaban J connectivity index is 4.15. The van der Waals surface area contributed by atoms with E-state index in [1.165, 1.54) is 32.2 Å². The molecule has 0 aromatic rings. The van der Waals surface area contributed by atoms with Crippen molar-refractivity contribution in [1.82, 2.24) is 4.57 Å². The summed E-state index contributed by atoms with van der Waals surface area (Å²) in [6, 6.07) is 0.724. The molecule has 0 heterocycles. The van der Waals surface area contributed by atoms with Crippen LogP contribution in [0.5, 0.6) is 0 Å². The maximum Gasteiger partial charge on any atom is 0.119 e. The van der Waals surface area contributed by atoms with Gasteiger partial charge in [-0.1, -0.05) is 58.7 Å². The van der Waals surface area contributed by atoms with Crippen molar-refractivity contribution in [2.24, 2.45) is 0 Å². The van der Waals surface area contributed by atoms with Crippen LogP contribution in [0.1, 0.15) is 60.3 Å². The quantitative estimate of drug-likeness (QED) is 0.575. The molecule has 0 fully saturated rings. The van der Waals surface area contributed by atoms with Crippen LogP contribution in [0.3, 0.4) is 0 Å². The van der Waals surface area contributed by atoms with Crippen molar-refractivity contribution in [3.05, 3.63) is 11.3 Å². The van der Waals surface area contributed by atoms with E-state index in [1.54, 1.807) is 5.57 Å². The Morgan fingerprint density at radius 3 is 2.00 bits per heavy atom. The second-order valence-corrected chi connectivity index (χ2v) is 6.13. The van der Waals surface area contributed by atoms with Crippen LogP contribution < -0.4 is 0 Å². The molecule has 15 heavy (non-hydrogen) atoms. The topological polar surface area (TPSA) is 3.24 Å². The van der Waals surface area contributed by atoms with Crippen molar-refractivity contribution in [3.63, 3.8) is 0 Å². The molecule has 0 saturated heterocycles. The molecule has 0 aliphatic carbocycles. The van der Waals surface area contributed by atoms with Gasteiger partial charge in [-0.3, -0.25) is 0 Å². The van der Waals surface area contributed by atoms with Gasteiger partial charge in [-0.05, 0) is 25.4 Å². The minimum absolute atomic E-state index is 0.139. The predicted molar refractivity (Wildman–Crippen MR) is 74.0 cm³/mol. The first kappa shape index (κ1) is 14.9. The van der Waals surface area contributed by atoms with Crippen LogP contribution in [-0.4, -0.2) is 26.8 Å². The standard InChI is InChI=1S/C13H29NSi/c1-6-9-13(10-7-2)11-15-14(8-3)12(4)5/h11-12H,6-10,15H2,1-5H3. The average molecular weight is 227 g/mol. The fourth-order valence-corrected chi connectivity index (χ4v) is 3.50. The molecule has 0 spiro atoms. The third-order valence-electron chi connectivity index (χ3n) is 2.89. The first-order valence-electron chi connectivity index (χ1n) is 6.57. The van der Waals surface area contributed by atoms with Gasteiger partial charge in [-0.2, -0.15) is 0 Å². The Morgan fingerprint density at radius 2 is 1.67 bits per heavy atom. The molecule has 0 radical (unpaired) electrons. The molecule has 0 bridgehead atoms. The molecule has 0 aromatic heterocycles. The molecule has 2 heteroatoms. The molecule has 0 aliphatic rings. The van der Waals surface area contributed by atoms with E-state index in [1.807, 2.05) is 0 Å². The molecule has 1 nitrogen and oxygen atoms in total. The molecular weight excluding hydrogens is 198 g/mol. The van der Waals surface area contributed by atoms with Crippen LogP contribution in [0.4, 0.5) is 0 Å². The Bertz CT molecular complexity index is 167. The monoisotopic (exact) mass is 227 g/mol. The lowest BCUT2D eigenvalue weighted by Gasteiger charge is -2.23. The predicted octanol–water partition coefficient (Wildman–Crippen LogP) is 3.28. The second kappa shape index (κ2) is 9.17. The SMILES string of the molecule is CCCC(=C[SiH2]N(CC)C(C)C)CCC. The van der Waals surface area contributed by atoms with E-state index in [0.29, 0.717) is 0 Å². The zero-order chi connectivity index (χ0) is 11.7. The van der Waals surface area contributed by atoms with Crippen molar-refractivity contribution in [2.75, 3.05) is 6.54 Å². The molecule has 0 atom stereocenters. The smallest absolute Gasteiger partial charge is 0.119 e. The summed E-state index contributed by atoms with van der Waals surface area (Å²) in [7, 11) is -0.139. The van der Waals surface area contributed by atoms with Crippen LogP contribution in [0.2, 0.25) is 0 Å². The maximum absolute atomic E-state index is 2.64. The van der Waals surface area contributed by atoms with Gasteiger partial charge in [0.1, 0.15) is 9.68 Å². The van der Waals surface area contributed by atoms with Crippen molar-refractivity contribution in [2.45, 2.75) is 66.3 Å². The highest BCUT2D eigenvalue weighted by Crippen LogP contribution is 2.11. The Labute approximate surface area is 98.8 Å². The van der Waals surface area contributed by atoms with Crippen LogP contribution >= 0.6 is 0 Å². The van der Waals surface area contributed by atoms with Gasteiger partial charge in [0.05, 0.1) is 0 Å². The van der Waals surface area contributed by atoms with Crippen molar-refractivity contribution in [3.8, 4) is 0 Å². The number of rotatable bonds is 8. The van der Waals surface area contributed by atoms with E-state index >= 15 is 0 Å². The van der Waals surface area contributed by atoms with Crippen molar-refractivity contribution < 1.29 is 0 Å². The minimum Gasteiger partial charge on any atom is -0.323 e. The van der Waals surface area contributed by atoms with Crippen LogP contribution in [0.25, 0.3) is 0 Å². The van der Waals surface area contributed by atoms with Crippen molar-refractivity contribution >= 4 is 9.68 Å². The van der Waals surface area contributed by atoms with Gasteiger partial charge >= 0.3 is 0 Å². The molecule has 0 N–H and O–H groups in total. The van der Waals surface area contributed by atoms with Crippen LogP contribution in [0, 0.1) is 0 Å². The molecule has 0 aliphatic heterocycles. The number of hydrogen-bond acceptors (Lipinski definition) is 1. The highest BCUT2D eigenvalue weighted by atomic mass is 28.2.